The third-order valence-electron chi connectivity index (χ3n) is 2.06. The minimum absolute atomic E-state index is 0.152. The zero-order chi connectivity index (χ0) is 7.40. The van der Waals surface area contributed by atoms with Crippen LogP contribution in [0.25, 0.3) is 0 Å². The van der Waals surface area contributed by atoms with Crippen molar-refractivity contribution in [2.45, 2.75) is 12.5 Å². The smallest absolute Gasteiger partial charge is 0.0705 e. The van der Waals surface area contributed by atoms with E-state index in [9.17, 15) is 5.11 Å². The Hall–Kier alpha value is -0.120. The predicted octanol–water partition coefficient (Wildman–Crippen LogP) is -0.824. The molecule has 1 fully saturated rings. The van der Waals surface area contributed by atoms with Crippen molar-refractivity contribution in [1.82, 2.24) is 10.6 Å². The van der Waals surface area contributed by atoms with Gasteiger partial charge in [-0.3, -0.25) is 0 Å². The van der Waals surface area contributed by atoms with E-state index >= 15 is 0 Å². The van der Waals surface area contributed by atoms with Gasteiger partial charge in [0.25, 0.3) is 0 Å². The number of hydrogen-bond acceptors (Lipinski definition) is 3. The van der Waals surface area contributed by atoms with Gasteiger partial charge in [-0.2, -0.15) is 0 Å². The third kappa shape index (κ3) is 1.94. The number of hydrogen-bond donors (Lipinski definition) is 3. The molecule has 1 aliphatic heterocycles. The Kier molecular flexibility index (Phi) is 3.12. The summed E-state index contributed by atoms with van der Waals surface area (Å²) in [6, 6.07) is 0. The van der Waals surface area contributed by atoms with Crippen LogP contribution in [0.15, 0.2) is 0 Å². The van der Waals surface area contributed by atoms with E-state index in [0.29, 0.717) is 5.92 Å². The molecule has 3 N–H and O–H groups in total. The number of aliphatic hydroxyl groups excluding tert-OH is 1. The molecule has 0 spiro atoms. The summed E-state index contributed by atoms with van der Waals surface area (Å²) in [5, 5.41) is 15.6. The van der Waals surface area contributed by atoms with Gasteiger partial charge < -0.3 is 15.7 Å². The highest BCUT2D eigenvalue weighted by Crippen LogP contribution is 2.10. The Morgan fingerprint density at radius 3 is 3.10 bits per heavy atom. The van der Waals surface area contributed by atoms with Crippen molar-refractivity contribution >= 4 is 0 Å². The lowest BCUT2D eigenvalue weighted by molar-refractivity contribution is 0.0826. The maximum atomic E-state index is 9.40. The van der Waals surface area contributed by atoms with Crippen LogP contribution in [0.4, 0.5) is 0 Å². The zero-order valence-corrected chi connectivity index (χ0v) is 6.43. The Labute approximate surface area is 61.8 Å². The minimum atomic E-state index is -0.152. The van der Waals surface area contributed by atoms with Crippen molar-refractivity contribution in [3.05, 3.63) is 0 Å². The maximum absolute atomic E-state index is 9.40. The monoisotopic (exact) mass is 144 g/mol. The molecular weight excluding hydrogens is 128 g/mol. The molecule has 0 unspecified atom stereocenters. The van der Waals surface area contributed by atoms with Crippen LogP contribution in [0.2, 0.25) is 0 Å². The second kappa shape index (κ2) is 3.91. The lowest BCUT2D eigenvalue weighted by Crippen LogP contribution is -2.43. The van der Waals surface area contributed by atoms with E-state index in [1.165, 1.54) is 0 Å². The summed E-state index contributed by atoms with van der Waals surface area (Å²) in [6.07, 6.45) is 0.934. The van der Waals surface area contributed by atoms with Gasteiger partial charge in [-0.15, -0.1) is 0 Å². The van der Waals surface area contributed by atoms with E-state index in [2.05, 4.69) is 10.6 Å². The second-order valence-electron chi connectivity index (χ2n) is 2.88. The van der Waals surface area contributed by atoms with Crippen LogP contribution in [0.3, 0.4) is 0 Å². The summed E-state index contributed by atoms with van der Waals surface area (Å²) < 4.78 is 0. The maximum Gasteiger partial charge on any atom is 0.0705 e. The van der Waals surface area contributed by atoms with Gasteiger partial charge in [0.2, 0.25) is 0 Å². The van der Waals surface area contributed by atoms with Gasteiger partial charge in [0, 0.05) is 13.1 Å². The van der Waals surface area contributed by atoms with Gasteiger partial charge in [0.15, 0.2) is 0 Å². The molecule has 0 radical (unpaired) electrons. The molecule has 3 heteroatoms. The van der Waals surface area contributed by atoms with Crippen LogP contribution in [0.1, 0.15) is 6.42 Å². The van der Waals surface area contributed by atoms with Crippen LogP contribution in [-0.2, 0) is 0 Å². The molecule has 0 amide bonds. The summed E-state index contributed by atoms with van der Waals surface area (Å²) in [4.78, 5) is 0. The first-order valence-corrected chi connectivity index (χ1v) is 3.88. The highest BCUT2D eigenvalue weighted by molar-refractivity contribution is 4.77. The van der Waals surface area contributed by atoms with Crippen molar-refractivity contribution in [2.75, 3.05) is 26.7 Å². The third-order valence-corrected chi connectivity index (χ3v) is 2.06. The van der Waals surface area contributed by atoms with Gasteiger partial charge in [-0.05, 0) is 25.9 Å². The number of aliphatic hydroxyl groups is 1. The van der Waals surface area contributed by atoms with Crippen molar-refractivity contribution < 1.29 is 5.11 Å². The number of rotatable bonds is 2. The van der Waals surface area contributed by atoms with Gasteiger partial charge in [0.1, 0.15) is 0 Å². The molecule has 0 bridgehead atoms. The Morgan fingerprint density at radius 2 is 2.50 bits per heavy atom. The number of β-amino-alcohol motifs (C(OH)–C–C–N with tert-alkyl or cyclic N) is 1. The molecule has 2 atom stereocenters. The molecule has 0 aromatic rings. The van der Waals surface area contributed by atoms with Crippen LogP contribution in [0.5, 0.6) is 0 Å². The summed E-state index contributed by atoms with van der Waals surface area (Å²) in [6.45, 7) is 2.73. The SMILES string of the molecule is CNC[C@H]1CCNC[C@@H]1O. The Morgan fingerprint density at radius 1 is 1.70 bits per heavy atom. The van der Waals surface area contributed by atoms with E-state index < -0.39 is 0 Å². The topological polar surface area (TPSA) is 44.3 Å². The van der Waals surface area contributed by atoms with E-state index in [-0.39, 0.29) is 6.10 Å². The second-order valence-corrected chi connectivity index (χ2v) is 2.88. The molecule has 0 aromatic carbocycles. The molecule has 0 saturated carbocycles. The first-order chi connectivity index (χ1) is 4.84. The number of piperidine rings is 1. The zero-order valence-electron chi connectivity index (χ0n) is 6.43. The van der Waals surface area contributed by atoms with E-state index in [1.807, 2.05) is 7.05 Å². The van der Waals surface area contributed by atoms with Crippen LogP contribution < -0.4 is 10.6 Å². The summed E-state index contributed by atoms with van der Waals surface area (Å²) >= 11 is 0. The van der Waals surface area contributed by atoms with Crippen molar-refractivity contribution in [3.8, 4) is 0 Å². The van der Waals surface area contributed by atoms with Crippen LogP contribution in [-0.4, -0.2) is 37.9 Å². The van der Waals surface area contributed by atoms with Crippen molar-refractivity contribution in [3.63, 3.8) is 0 Å². The van der Waals surface area contributed by atoms with Gasteiger partial charge in [-0.1, -0.05) is 0 Å². The molecule has 1 aliphatic rings. The van der Waals surface area contributed by atoms with Crippen molar-refractivity contribution in [2.24, 2.45) is 5.92 Å². The summed E-state index contributed by atoms with van der Waals surface area (Å²) in [5.74, 6) is 0.450. The summed E-state index contributed by atoms with van der Waals surface area (Å²) in [5.41, 5.74) is 0. The van der Waals surface area contributed by atoms with Crippen LogP contribution >= 0.6 is 0 Å². The van der Waals surface area contributed by atoms with Gasteiger partial charge in [-0.25, -0.2) is 0 Å². The van der Waals surface area contributed by atoms with Crippen molar-refractivity contribution in [1.29, 1.82) is 0 Å². The molecule has 1 saturated heterocycles. The quantitative estimate of drug-likeness (QED) is 0.474. The van der Waals surface area contributed by atoms with Gasteiger partial charge in [0.05, 0.1) is 6.10 Å². The normalized spacial score (nSPS) is 34.2. The molecule has 10 heavy (non-hydrogen) atoms. The Bertz CT molecular complexity index is 95.6. The fourth-order valence-electron chi connectivity index (χ4n) is 1.40. The largest absolute Gasteiger partial charge is 0.391 e. The molecule has 60 valence electrons. The molecule has 3 nitrogen and oxygen atoms in total. The van der Waals surface area contributed by atoms with E-state index in [4.69, 9.17) is 0 Å². The van der Waals surface area contributed by atoms with Crippen LogP contribution in [0, 0.1) is 5.92 Å². The number of nitrogens with one attached hydrogen (secondary N) is 2. The average molecular weight is 144 g/mol. The van der Waals surface area contributed by atoms with Gasteiger partial charge >= 0.3 is 0 Å². The molecule has 0 aromatic heterocycles. The molecule has 0 aliphatic carbocycles. The summed E-state index contributed by atoms with van der Waals surface area (Å²) in [7, 11) is 1.93. The predicted molar refractivity (Wildman–Crippen MR) is 40.9 cm³/mol. The first kappa shape index (κ1) is 7.98. The highest BCUT2D eigenvalue weighted by atomic mass is 16.3. The Balaban J connectivity index is 2.25. The highest BCUT2D eigenvalue weighted by Gasteiger charge is 2.21. The van der Waals surface area contributed by atoms with E-state index in [1.54, 1.807) is 0 Å². The van der Waals surface area contributed by atoms with E-state index in [0.717, 1.165) is 26.1 Å². The molecular formula is C7H16N2O. The molecule has 1 heterocycles. The lowest BCUT2D eigenvalue weighted by Gasteiger charge is -2.27. The fourth-order valence-corrected chi connectivity index (χ4v) is 1.40. The first-order valence-electron chi connectivity index (χ1n) is 3.88. The standard InChI is InChI=1S/C7H16N2O/c1-8-4-6-2-3-9-5-7(6)10/h6-10H,2-5H2,1H3/t6-,7+/m1/s1. The lowest BCUT2D eigenvalue weighted by atomic mass is 9.95. The minimum Gasteiger partial charge on any atom is -0.391 e. The average Bonchev–Trinajstić information content (AvgIpc) is 1.94. The fraction of sp³-hybridized carbons (Fsp3) is 1.00. The molecule has 1 rings (SSSR count).